The SMILES string of the molecule is CC(C)(C)OC(=O)N1CCc2c(Cc3ccc(F)cc3)cc(C(=O)N[C@H]3CCCC[C@@H]3O)nc2C1. The van der Waals surface area contributed by atoms with Crippen molar-refractivity contribution in [2.24, 2.45) is 0 Å². The molecule has 1 aromatic heterocycles. The van der Waals surface area contributed by atoms with Gasteiger partial charge < -0.3 is 20.1 Å². The van der Waals surface area contributed by atoms with Gasteiger partial charge in [-0.05, 0) is 81.3 Å². The van der Waals surface area contributed by atoms with Crippen molar-refractivity contribution < 1.29 is 23.8 Å². The maximum atomic E-state index is 13.4. The molecule has 2 heterocycles. The van der Waals surface area contributed by atoms with Crippen LogP contribution in [0.5, 0.6) is 0 Å². The first-order valence-electron chi connectivity index (χ1n) is 12.3. The predicted octanol–water partition coefficient (Wildman–Crippen LogP) is 4.14. The van der Waals surface area contributed by atoms with Gasteiger partial charge in [0.15, 0.2) is 0 Å². The van der Waals surface area contributed by atoms with Gasteiger partial charge in [-0.3, -0.25) is 4.79 Å². The molecule has 1 fully saturated rings. The molecule has 0 radical (unpaired) electrons. The van der Waals surface area contributed by atoms with Crippen LogP contribution < -0.4 is 5.32 Å². The van der Waals surface area contributed by atoms with Gasteiger partial charge in [0.2, 0.25) is 0 Å². The Morgan fingerprint density at radius 3 is 2.60 bits per heavy atom. The summed E-state index contributed by atoms with van der Waals surface area (Å²) in [5.74, 6) is -0.641. The van der Waals surface area contributed by atoms with E-state index in [-0.39, 0.29) is 30.0 Å². The Morgan fingerprint density at radius 1 is 1.20 bits per heavy atom. The molecule has 7 nitrogen and oxygen atoms in total. The molecule has 2 aliphatic rings. The van der Waals surface area contributed by atoms with E-state index in [1.165, 1.54) is 12.1 Å². The van der Waals surface area contributed by atoms with Gasteiger partial charge in [0, 0.05) is 6.54 Å². The number of aromatic nitrogens is 1. The molecule has 1 aromatic carbocycles. The van der Waals surface area contributed by atoms with Crippen molar-refractivity contribution in [1.82, 2.24) is 15.2 Å². The van der Waals surface area contributed by atoms with Crippen molar-refractivity contribution in [2.45, 2.75) is 83.6 Å². The third-order valence-corrected chi connectivity index (χ3v) is 6.51. The van der Waals surface area contributed by atoms with Crippen molar-refractivity contribution in [3.63, 3.8) is 0 Å². The Labute approximate surface area is 205 Å². The van der Waals surface area contributed by atoms with Gasteiger partial charge in [-0.1, -0.05) is 25.0 Å². The van der Waals surface area contributed by atoms with Gasteiger partial charge in [-0.25, -0.2) is 14.2 Å². The topological polar surface area (TPSA) is 91.8 Å². The second-order valence-corrected chi connectivity index (χ2v) is 10.5. The van der Waals surface area contributed by atoms with Crippen LogP contribution in [-0.2, 0) is 24.1 Å². The van der Waals surface area contributed by atoms with Crippen molar-refractivity contribution in [1.29, 1.82) is 0 Å². The van der Waals surface area contributed by atoms with Crippen LogP contribution in [-0.4, -0.2) is 51.3 Å². The maximum Gasteiger partial charge on any atom is 0.410 e. The molecule has 0 bridgehead atoms. The lowest BCUT2D eigenvalue weighted by Crippen LogP contribution is -2.45. The third kappa shape index (κ3) is 6.36. The smallest absolute Gasteiger partial charge is 0.410 e. The average Bonchev–Trinajstić information content (AvgIpc) is 2.80. The highest BCUT2D eigenvalue weighted by molar-refractivity contribution is 5.93. The van der Waals surface area contributed by atoms with Gasteiger partial charge in [0.05, 0.1) is 24.4 Å². The van der Waals surface area contributed by atoms with Crippen LogP contribution in [0.2, 0.25) is 0 Å². The van der Waals surface area contributed by atoms with E-state index in [1.807, 2.05) is 20.8 Å². The molecule has 1 aliphatic heterocycles. The summed E-state index contributed by atoms with van der Waals surface area (Å²) in [6.45, 7) is 6.20. The molecular formula is C27H34FN3O4. The largest absolute Gasteiger partial charge is 0.444 e. The van der Waals surface area contributed by atoms with Crippen molar-refractivity contribution in [3.05, 3.63) is 64.2 Å². The molecule has 1 saturated carbocycles. The monoisotopic (exact) mass is 483 g/mol. The van der Waals surface area contributed by atoms with Crippen LogP contribution in [0.15, 0.2) is 30.3 Å². The summed E-state index contributed by atoms with van der Waals surface area (Å²) in [5.41, 5.74) is 3.16. The molecule has 188 valence electrons. The number of aliphatic hydroxyl groups excluding tert-OH is 1. The van der Waals surface area contributed by atoms with Gasteiger partial charge >= 0.3 is 6.09 Å². The molecule has 0 saturated heterocycles. The average molecular weight is 484 g/mol. The molecule has 2 aromatic rings. The number of rotatable bonds is 4. The maximum absolute atomic E-state index is 13.4. The molecule has 2 N–H and O–H groups in total. The number of carbonyl (C=O) groups is 2. The van der Waals surface area contributed by atoms with E-state index in [1.54, 1.807) is 23.1 Å². The van der Waals surface area contributed by atoms with E-state index in [2.05, 4.69) is 10.3 Å². The summed E-state index contributed by atoms with van der Waals surface area (Å²) in [4.78, 5) is 32.1. The molecule has 0 spiro atoms. The molecule has 8 heteroatoms. The van der Waals surface area contributed by atoms with Gasteiger partial charge in [0.25, 0.3) is 5.91 Å². The number of hydrogen-bond acceptors (Lipinski definition) is 5. The lowest BCUT2D eigenvalue weighted by Gasteiger charge is -2.32. The highest BCUT2D eigenvalue weighted by Gasteiger charge is 2.30. The van der Waals surface area contributed by atoms with Crippen molar-refractivity contribution in [3.8, 4) is 0 Å². The van der Waals surface area contributed by atoms with Crippen LogP contribution in [0.25, 0.3) is 0 Å². The lowest BCUT2D eigenvalue weighted by atomic mass is 9.92. The van der Waals surface area contributed by atoms with E-state index < -0.39 is 17.8 Å². The molecule has 0 unspecified atom stereocenters. The summed E-state index contributed by atoms with van der Waals surface area (Å²) in [7, 11) is 0. The predicted molar refractivity (Wildman–Crippen MR) is 130 cm³/mol. The molecule has 4 rings (SSSR count). The summed E-state index contributed by atoms with van der Waals surface area (Å²) in [6.07, 6.45) is 3.44. The zero-order valence-electron chi connectivity index (χ0n) is 20.6. The van der Waals surface area contributed by atoms with E-state index in [0.717, 1.165) is 36.0 Å². The van der Waals surface area contributed by atoms with Crippen LogP contribution >= 0.6 is 0 Å². The fourth-order valence-electron chi connectivity index (χ4n) is 4.73. The molecule has 2 amide bonds. The van der Waals surface area contributed by atoms with Gasteiger partial charge in [0.1, 0.15) is 17.1 Å². The number of fused-ring (bicyclic) bond motifs is 1. The van der Waals surface area contributed by atoms with Crippen LogP contribution in [0.4, 0.5) is 9.18 Å². The number of nitrogens with zero attached hydrogens (tertiary/aromatic N) is 2. The number of carbonyl (C=O) groups excluding carboxylic acids is 2. The third-order valence-electron chi connectivity index (χ3n) is 6.51. The number of ether oxygens (including phenoxy) is 1. The fourth-order valence-corrected chi connectivity index (χ4v) is 4.73. The zero-order chi connectivity index (χ0) is 25.2. The Balaban J connectivity index is 1.62. The zero-order valence-corrected chi connectivity index (χ0v) is 20.6. The van der Waals surface area contributed by atoms with Crippen molar-refractivity contribution in [2.75, 3.05) is 6.54 Å². The summed E-state index contributed by atoms with van der Waals surface area (Å²) in [5, 5.41) is 13.2. The number of benzene rings is 1. The first-order valence-corrected chi connectivity index (χ1v) is 12.3. The van der Waals surface area contributed by atoms with Gasteiger partial charge in [-0.2, -0.15) is 0 Å². The standard InChI is InChI=1S/C27H34FN3O4/c1-27(2,3)35-26(34)31-13-12-20-18(14-17-8-10-19(28)11-9-17)15-22(29-23(20)16-31)25(33)30-21-6-4-5-7-24(21)32/h8-11,15,21,24,32H,4-7,12-14,16H2,1-3H3,(H,30,33)/t21-,24-/m0/s1. The second-order valence-electron chi connectivity index (χ2n) is 10.5. The highest BCUT2D eigenvalue weighted by Crippen LogP contribution is 2.26. The van der Waals surface area contributed by atoms with E-state index in [0.29, 0.717) is 31.5 Å². The number of amides is 2. The number of halogens is 1. The first kappa shape index (κ1) is 25.1. The highest BCUT2D eigenvalue weighted by atomic mass is 19.1. The van der Waals surface area contributed by atoms with E-state index in [4.69, 9.17) is 4.74 Å². The Morgan fingerprint density at radius 2 is 1.91 bits per heavy atom. The summed E-state index contributed by atoms with van der Waals surface area (Å²) < 4.78 is 19.0. The second kappa shape index (κ2) is 10.3. The lowest BCUT2D eigenvalue weighted by molar-refractivity contribution is 0.0220. The van der Waals surface area contributed by atoms with Crippen LogP contribution in [0, 0.1) is 5.82 Å². The van der Waals surface area contributed by atoms with Crippen LogP contribution in [0.3, 0.4) is 0 Å². The number of pyridine rings is 1. The number of hydrogen-bond donors (Lipinski definition) is 2. The normalized spacial score (nSPS) is 20.2. The summed E-state index contributed by atoms with van der Waals surface area (Å²) in [6, 6.07) is 7.80. The molecular weight excluding hydrogens is 449 g/mol. The fraction of sp³-hybridized carbons (Fsp3) is 0.519. The number of nitrogens with one attached hydrogen (secondary N) is 1. The van der Waals surface area contributed by atoms with Crippen LogP contribution in [0.1, 0.15) is 79.3 Å². The first-order chi connectivity index (χ1) is 16.6. The minimum Gasteiger partial charge on any atom is -0.444 e. The Kier molecular flexibility index (Phi) is 7.40. The summed E-state index contributed by atoms with van der Waals surface area (Å²) >= 11 is 0. The minimum atomic E-state index is -0.610. The van der Waals surface area contributed by atoms with E-state index >= 15 is 0 Å². The number of aliphatic hydroxyl groups is 1. The van der Waals surface area contributed by atoms with E-state index in [9.17, 15) is 19.1 Å². The Bertz CT molecular complexity index is 1080. The Hall–Kier alpha value is -3.00. The molecule has 2 atom stereocenters. The molecule has 35 heavy (non-hydrogen) atoms. The van der Waals surface area contributed by atoms with Crippen molar-refractivity contribution >= 4 is 12.0 Å². The minimum absolute atomic E-state index is 0.244. The molecule has 1 aliphatic carbocycles. The quantitative estimate of drug-likeness (QED) is 0.682. The van der Waals surface area contributed by atoms with Gasteiger partial charge in [-0.15, -0.1) is 0 Å².